The molecule has 1 fully saturated rings. The van der Waals surface area contributed by atoms with Crippen LogP contribution in [0.3, 0.4) is 0 Å². The Morgan fingerprint density at radius 3 is 2.78 bits per heavy atom. The fourth-order valence-electron chi connectivity index (χ4n) is 2.78. The van der Waals surface area contributed by atoms with E-state index in [1.54, 1.807) is 30.7 Å². The van der Waals surface area contributed by atoms with E-state index in [0.717, 1.165) is 25.9 Å². The quantitative estimate of drug-likeness (QED) is 0.837. The van der Waals surface area contributed by atoms with Gasteiger partial charge in [-0.1, -0.05) is 17.7 Å². The number of rotatable bonds is 5. The average molecular weight is 336 g/mol. The molecule has 0 unspecified atom stereocenters. The Hall–Kier alpha value is -1.72. The maximum atomic E-state index is 13.8. The molecule has 0 saturated carbocycles. The van der Waals surface area contributed by atoms with Crippen molar-refractivity contribution in [2.24, 2.45) is 5.92 Å². The summed E-state index contributed by atoms with van der Waals surface area (Å²) < 4.78 is 19.5. The van der Waals surface area contributed by atoms with Crippen molar-refractivity contribution in [3.63, 3.8) is 0 Å². The molecule has 4 nitrogen and oxygen atoms in total. The summed E-state index contributed by atoms with van der Waals surface area (Å²) in [6, 6.07) is 4.83. The minimum absolute atomic E-state index is 0.231. The molecule has 0 N–H and O–H groups in total. The van der Waals surface area contributed by atoms with Gasteiger partial charge in [0.15, 0.2) is 0 Å². The Labute approximate surface area is 140 Å². The molecule has 1 aromatic carbocycles. The summed E-state index contributed by atoms with van der Waals surface area (Å²) in [6.07, 6.45) is 6.91. The number of likely N-dealkylation sites (tertiary alicyclic amines) is 1. The second kappa shape index (κ2) is 7.70. The number of piperidine rings is 1. The summed E-state index contributed by atoms with van der Waals surface area (Å²) >= 11 is 6.10. The Morgan fingerprint density at radius 1 is 1.26 bits per heavy atom. The van der Waals surface area contributed by atoms with E-state index in [0.29, 0.717) is 35.5 Å². The van der Waals surface area contributed by atoms with Gasteiger partial charge in [-0.3, -0.25) is 9.88 Å². The zero-order valence-corrected chi connectivity index (χ0v) is 13.5. The van der Waals surface area contributed by atoms with E-state index in [1.165, 1.54) is 6.07 Å². The van der Waals surface area contributed by atoms with Crippen molar-refractivity contribution in [2.45, 2.75) is 19.4 Å². The predicted molar refractivity (Wildman–Crippen MR) is 86.9 cm³/mol. The molecule has 1 saturated heterocycles. The standard InChI is InChI=1S/C17H19ClFN3O/c18-15-2-1-3-16(19)14(15)11-22-8-4-13(5-9-22)12-23-17-10-20-6-7-21-17/h1-3,6-7,10,13H,4-5,8-9,11-12H2. The minimum atomic E-state index is -0.231. The Balaban J connectivity index is 1.47. The Kier molecular flexibility index (Phi) is 5.41. The van der Waals surface area contributed by atoms with Crippen LogP contribution < -0.4 is 4.74 Å². The van der Waals surface area contributed by atoms with Crippen molar-refractivity contribution in [1.82, 2.24) is 14.9 Å². The molecule has 0 radical (unpaired) electrons. The van der Waals surface area contributed by atoms with Gasteiger partial charge in [0.1, 0.15) is 5.82 Å². The van der Waals surface area contributed by atoms with Crippen LogP contribution >= 0.6 is 11.6 Å². The second-order valence-corrected chi connectivity index (χ2v) is 6.18. The summed E-state index contributed by atoms with van der Waals surface area (Å²) in [5.74, 6) is 0.822. The second-order valence-electron chi connectivity index (χ2n) is 5.77. The van der Waals surface area contributed by atoms with Gasteiger partial charge in [-0.25, -0.2) is 9.37 Å². The lowest BCUT2D eigenvalue weighted by atomic mass is 9.97. The highest BCUT2D eigenvalue weighted by Crippen LogP contribution is 2.24. The van der Waals surface area contributed by atoms with Crippen LogP contribution in [0.2, 0.25) is 5.02 Å². The minimum Gasteiger partial charge on any atom is -0.476 e. The number of hydrogen-bond donors (Lipinski definition) is 0. The highest BCUT2D eigenvalue weighted by atomic mass is 35.5. The largest absolute Gasteiger partial charge is 0.476 e. The monoisotopic (exact) mass is 335 g/mol. The zero-order chi connectivity index (χ0) is 16.1. The topological polar surface area (TPSA) is 38.2 Å². The molecule has 0 amide bonds. The van der Waals surface area contributed by atoms with Gasteiger partial charge in [0.25, 0.3) is 0 Å². The van der Waals surface area contributed by atoms with Crippen LogP contribution in [-0.2, 0) is 6.54 Å². The summed E-state index contributed by atoms with van der Waals surface area (Å²) in [4.78, 5) is 10.3. The third-order valence-electron chi connectivity index (χ3n) is 4.16. The van der Waals surface area contributed by atoms with Crippen molar-refractivity contribution in [3.8, 4) is 5.88 Å². The first-order chi connectivity index (χ1) is 11.2. The molecule has 1 aliphatic heterocycles. The molecule has 0 bridgehead atoms. The molecule has 0 atom stereocenters. The molecule has 23 heavy (non-hydrogen) atoms. The number of ether oxygens (including phenoxy) is 1. The van der Waals surface area contributed by atoms with Crippen LogP contribution in [0.25, 0.3) is 0 Å². The summed E-state index contributed by atoms with van der Waals surface area (Å²) in [5, 5.41) is 0.498. The molecule has 0 spiro atoms. The Morgan fingerprint density at radius 2 is 2.09 bits per heavy atom. The molecule has 122 valence electrons. The molecular formula is C17H19ClFN3O. The van der Waals surface area contributed by atoms with Gasteiger partial charge in [-0.2, -0.15) is 0 Å². The van der Waals surface area contributed by atoms with Crippen LogP contribution in [0.1, 0.15) is 18.4 Å². The lowest BCUT2D eigenvalue weighted by molar-refractivity contribution is 0.133. The first-order valence-electron chi connectivity index (χ1n) is 7.76. The highest BCUT2D eigenvalue weighted by Gasteiger charge is 2.21. The van der Waals surface area contributed by atoms with Crippen LogP contribution in [0.4, 0.5) is 4.39 Å². The predicted octanol–water partition coefficient (Wildman–Crippen LogP) is 3.56. The number of hydrogen-bond acceptors (Lipinski definition) is 4. The van der Waals surface area contributed by atoms with E-state index < -0.39 is 0 Å². The molecular weight excluding hydrogens is 317 g/mol. The smallest absolute Gasteiger partial charge is 0.232 e. The van der Waals surface area contributed by atoms with Gasteiger partial charge < -0.3 is 4.74 Å². The van der Waals surface area contributed by atoms with E-state index in [4.69, 9.17) is 16.3 Å². The molecule has 6 heteroatoms. The van der Waals surface area contributed by atoms with Crippen molar-refractivity contribution >= 4 is 11.6 Å². The fourth-order valence-corrected chi connectivity index (χ4v) is 3.00. The average Bonchev–Trinajstić information content (AvgIpc) is 2.58. The molecule has 0 aliphatic carbocycles. The van der Waals surface area contributed by atoms with Gasteiger partial charge in [-0.15, -0.1) is 0 Å². The maximum Gasteiger partial charge on any atom is 0.232 e. The first-order valence-corrected chi connectivity index (χ1v) is 8.14. The third-order valence-corrected chi connectivity index (χ3v) is 4.51. The molecule has 1 aromatic heterocycles. The van der Waals surface area contributed by atoms with Gasteiger partial charge in [0.05, 0.1) is 12.8 Å². The Bertz CT molecular complexity index is 613. The van der Waals surface area contributed by atoms with Gasteiger partial charge in [-0.05, 0) is 44.0 Å². The van der Waals surface area contributed by atoms with Gasteiger partial charge >= 0.3 is 0 Å². The van der Waals surface area contributed by atoms with Crippen molar-refractivity contribution in [3.05, 3.63) is 53.2 Å². The van der Waals surface area contributed by atoms with Crippen molar-refractivity contribution in [1.29, 1.82) is 0 Å². The zero-order valence-electron chi connectivity index (χ0n) is 12.8. The molecule has 2 aromatic rings. The van der Waals surface area contributed by atoms with Crippen molar-refractivity contribution < 1.29 is 9.13 Å². The van der Waals surface area contributed by atoms with E-state index in [9.17, 15) is 4.39 Å². The van der Waals surface area contributed by atoms with Crippen LogP contribution in [0, 0.1) is 11.7 Å². The lowest BCUT2D eigenvalue weighted by Crippen LogP contribution is -2.35. The molecule has 3 rings (SSSR count). The number of benzene rings is 1. The SMILES string of the molecule is Fc1cccc(Cl)c1CN1CCC(COc2cnccn2)CC1. The normalized spacial score (nSPS) is 16.4. The van der Waals surface area contributed by atoms with E-state index in [1.807, 2.05) is 0 Å². The first kappa shape index (κ1) is 16.1. The third kappa shape index (κ3) is 4.39. The van der Waals surface area contributed by atoms with E-state index in [-0.39, 0.29) is 5.82 Å². The van der Waals surface area contributed by atoms with Crippen molar-refractivity contribution in [2.75, 3.05) is 19.7 Å². The maximum absolute atomic E-state index is 13.8. The fraction of sp³-hybridized carbons (Fsp3) is 0.412. The summed E-state index contributed by atoms with van der Waals surface area (Å²) in [5.41, 5.74) is 0.587. The van der Waals surface area contributed by atoms with Gasteiger partial charge in [0.2, 0.25) is 5.88 Å². The van der Waals surface area contributed by atoms with Crippen LogP contribution in [0.5, 0.6) is 5.88 Å². The molecule has 2 heterocycles. The van der Waals surface area contributed by atoms with Crippen LogP contribution in [-0.4, -0.2) is 34.6 Å². The number of aromatic nitrogens is 2. The number of nitrogens with zero attached hydrogens (tertiary/aromatic N) is 3. The van der Waals surface area contributed by atoms with Gasteiger partial charge in [0, 0.05) is 29.5 Å². The lowest BCUT2D eigenvalue weighted by Gasteiger charge is -2.32. The summed E-state index contributed by atoms with van der Waals surface area (Å²) in [7, 11) is 0. The van der Waals surface area contributed by atoms with E-state index >= 15 is 0 Å². The molecule has 1 aliphatic rings. The van der Waals surface area contributed by atoms with E-state index in [2.05, 4.69) is 14.9 Å². The highest BCUT2D eigenvalue weighted by molar-refractivity contribution is 6.31. The summed E-state index contributed by atoms with van der Waals surface area (Å²) in [6.45, 7) is 3.04. The van der Waals surface area contributed by atoms with Crippen LogP contribution in [0.15, 0.2) is 36.8 Å². The number of halogens is 2.